The van der Waals surface area contributed by atoms with Crippen molar-refractivity contribution in [2.24, 2.45) is 0 Å². The standard InChI is InChI=1S/C16H24N2O3/c1-19-14-4-2-3-5-15(14)20-11-9-18-8-6-16(13-18)12-17-7-10-21-16/h2-5,17H,6-13H2,1H3. The minimum atomic E-state index is 0.0304. The highest BCUT2D eigenvalue weighted by Gasteiger charge is 2.40. The van der Waals surface area contributed by atoms with Crippen LogP contribution in [0.1, 0.15) is 6.42 Å². The Bertz CT molecular complexity index is 461. The van der Waals surface area contributed by atoms with Crippen LogP contribution in [0.15, 0.2) is 24.3 Å². The number of para-hydroxylation sites is 2. The summed E-state index contributed by atoms with van der Waals surface area (Å²) in [6.45, 7) is 6.43. The Hall–Kier alpha value is -1.30. The molecule has 2 fully saturated rings. The number of hydrogen-bond acceptors (Lipinski definition) is 5. The molecule has 0 aliphatic carbocycles. The van der Waals surface area contributed by atoms with E-state index in [1.165, 1.54) is 0 Å². The summed E-state index contributed by atoms with van der Waals surface area (Å²) >= 11 is 0. The minimum absolute atomic E-state index is 0.0304. The van der Waals surface area contributed by atoms with Gasteiger partial charge in [0.05, 0.1) is 19.3 Å². The second kappa shape index (κ2) is 6.64. The predicted octanol–water partition coefficient (Wildman–Crippen LogP) is 1.14. The molecule has 1 aromatic carbocycles. The highest BCUT2D eigenvalue weighted by Crippen LogP contribution is 2.27. The van der Waals surface area contributed by atoms with Crippen LogP contribution in [-0.4, -0.2) is 63.5 Å². The van der Waals surface area contributed by atoms with E-state index in [1.807, 2.05) is 24.3 Å². The summed E-state index contributed by atoms with van der Waals surface area (Å²) in [5, 5.41) is 3.44. The molecule has 0 radical (unpaired) electrons. The number of rotatable bonds is 5. The van der Waals surface area contributed by atoms with E-state index in [2.05, 4.69) is 10.2 Å². The zero-order valence-corrected chi connectivity index (χ0v) is 12.6. The van der Waals surface area contributed by atoms with Gasteiger partial charge in [-0.3, -0.25) is 4.90 Å². The molecular formula is C16H24N2O3. The van der Waals surface area contributed by atoms with E-state index in [0.717, 1.165) is 57.3 Å². The molecular weight excluding hydrogens is 268 g/mol. The van der Waals surface area contributed by atoms with Gasteiger partial charge in [0.1, 0.15) is 6.61 Å². The van der Waals surface area contributed by atoms with Crippen LogP contribution in [0, 0.1) is 0 Å². The summed E-state index contributed by atoms with van der Waals surface area (Å²) in [5.41, 5.74) is 0.0304. The van der Waals surface area contributed by atoms with Gasteiger partial charge in [-0.1, -0.05) is 12.1 Å². The van der Waals surface area contributed by atoms with Crippen molar-refractivity contribution in [3.8, 4) is 11.5 Å². The first-order valence-corrected chi connectivity index (χ1v) is 7.64. The van der Waals surface area contributed by atoms with Crippen molar-refractivity contribution in [3.05, 3.63) is 24.3 Å². The van der Waals surface area contributed by atoms with E-state index >= 15 is 0 Å². The van der Waals surface area contributed by atoms with Crippen molar-refractivity contribution in [2.75, 3.05) is 53.0 Å². The third kappa shape index (κ3) is 3.48. The second-order valence-electron chi connectivity index (χ2n) is 5.73. The lowest BCUT2D eigenvalue weighted by Gasteiger charge is -2.34. The maximum absolute atomic E-state index is 5.99. The lowest BCUT2D eigenvalue weighted by Crippen LogP contribution is -2.51. The van der Waals surface area contributed by atoms with E-state index < -0.39 is 0 Å². The molecule has 21 heavy (non-hydrogen) atoms. The second-order valence-corrected chi connectivity index (χ2v) is 5.73. The Morgan fingerprint density at radius 2 is 2.19 bits per heavy atom. The molecule has 1 unspecified atom stereocenters. The molecule has 0 bridgehead atoms. The topological polar surface area (TPSA) is 43.0 Å². The Morgan fingerprint density at radius 3 is 2.95 bits per heavy atom. The maximum atomic E-state index is 5.99. The largest absolute Gasteiger partial charge is 0.493 e. The normalized spacial score (nSPS) is 26.1. The first kappa shape index (κ1) is 14.6. The zero-order chi connectivity index (χ0) is 14.5. The Morgan fingerprint density at radius 1 is 1.33 bits per heavy atom. The lowest BCUT2D eigenvalue weighted by atomic mass is 10.0. The van der Waals surface area contributed by atoms with Crippen LogP contribution in [-0.2, 0) is 4.74 Å². The van der Waals surface area contributed by atoms with Crippen molar-refractivity contribution < 1.29 is 14.2 Å². The van der Waals surface area contributed by atoms with Crippen LogP contribution in [0.5, 0.6) is 11.5 Å². The molecule has 5 heteroatoms. The molecule has 2 aliphatic heterocycles. The van der Waals surface area contributed by atoms with Gasteiger partial charge in [-0.25, -0.2) is 0 Å². The fourth-order valence-electron chi connectivity index (χ4n) is 3.11. The molecule has 1 spiro atoms. The van der Waals surface area contributed by atoms with Crippen LogP contribution in [0.4, 0.5) is 0 Å². The average Bonchev–Trinajstić information content (AvgIpc) is 2.91. The highest BCUT2D eigenvalue weighted by atomic mass is 16.5. The molecule has 2 saturated heterocycles. The van der Waals surface area contributed by atoms with Gasteiger partial charge in [-0.05, 0) is 18.6 Å². The summed E-state index contributed by atoms with van der Waals surface area (Å²) < 4.78 is 17.1. The summed E-state index contributed by atoms with van der Waals surface area (Å²) in [6, 6.07) is 7.77. The fourth-order valence-corrected chi connectivity index (χ4v) is 3.11. The molecule has 5 nitrogen and oxygen atoms in total. The predicted molar refractivity (Wildman–Crippen MR) is 81.1 cm³/mol. The molecule has 1 aromatic rings. The third-order valence-electron chi connectivity index (χ3n) is 4.26. The molecule has 1 N–H and O–H groups in total. The number of likely N-dealkylation sites (tertiary alicyclic amines) is 1. The minimum Gasteiger partial charge on any atom is -0.493 e. The van der Waals surface area contributed by atoms with Crippen LogP contribution < -0.4 is 14.8 Å². The van der Waals surface area contributed by atoms with Gasteiger partial charge in [0.25, 0.3) is 0 Å². The lowest BCUT2D eigenvalue weighted by molar-refractivity contribution is -0.0574. The van der Waals surface area contributed by atoms with Gasteiger partial charge in [0.2, 0.25) is 0 Å². The number of nitrogens with one attached hydrogen (secondary N) is 1. The zero-order valence-electron chi connectivity index (χ0n) is 12.6. The van der Waals surface area contributed by atoms with Crippen LogP contribution in [0.3, 0.4) is 0 Å². The summed E-state index contributed by atoms with van der Waals surface area (Å²) in [6.07, 6.45) is 1.11. The first-order chi connectivity index (χ1) is 10.3. The summed E-state index contributed by atoms with van der Waals surface area (Å²) in [5.74, 6) is 1.60. The number of hydrogen-bond donors (Lipinski definition) is 1. The van der Waals surface area contributed by atoms with Crippen LogP contribution in [0.25, 0.3) is 0 Å². The average molecular weight is 292 g/mol. The number of morpholine rings is 1. The molecule has 2 aliphatic rings. The maximum Gasteiger partial charge on any atom is 0.161 e. The van der Waals surface area contributed by atoms with Gasteiger partial charge >= 0.3 is 0 Å². The van der Waals surface area contributed by atoms with E-state index in [9.17, 15) is 0 Å². The quantitative estimate of drug-likeness (QED) is 0.881. The summed E-state index contributed by atoms with van der Waals surface area (Å²) in [4.78, 5) is 2.42. The van der Waals surface area contributed by atoms with Crippen LogP contribution >= 0.6 is 0 Å². The van der Waals surface area contributed by atoms with Gasteiger partial charge < -0.3 is 19.5 Å². The first-order valence-electron chi connectivity index (χ1n) is 7.64. The van der Waals surface area contributed by atoms with Crippen molar-refractivity contribution in [2.45, 2.75) is 12.0 Å². The summed E-state index contributed by atoms with van der Waals surface area (Å²) in [7, 11) is 1.67. The van der Waals surface area contributed by atoms with E-state index in [-0.39, 0.29) is 5.60 Å². The van der Waals surface area contributed by atoms with Gasteiger partial charge in [-0.2, -0.15) is 0 Å². The molecule has 3 rings (SSSR count). The van der Waals surface area contributed by atoms with E-state index in [4.69, 9.17) is 14.2 Å². The Balaban J connectivity index is 1.46. The highest BCUT2D eigenvalue weighted by molar-refractivity contribution is 5.39. The number of methoxy groups -OCH3 is 1. The third-order valence-corrected chi connectivity index (χ3v) is 4.26. The van der Waals surface area contributed by atoms with E-state index in [0.29, 0.717) is 6.61 Å². The van der Waals surface area contributed by atoms with Crippen LogP contribution in [0.2, 0.25) is 0 Å². The van der Waals surface area contributed by atoms with Gasteiger partial charge in [0.15, 0.2) is 11.5 Å². The van der Waals surface area contributed by atoms with E-state index in [1.54, 1.807) is 7.11 Å². The molecule has 0 aromatic heterocycles. The Labute approximate surface area is 126 Å². The molecule has 116 valence electrons. The van der Waals surface area contributed by atoms with Crippen molar-refractivity contribution in [1.29, 1.82) is 0 Å². The van der Waals surface area contributed by atoms with Crippen molar-refractivity contribution in [3.63, 3.8) is 0 Å². The van der Waals surface area contributed by atoms with Gasteiger partial charge in [0, 0.05) is 32.7 Å². The SMILES string of the molecule is COc1ccccc1OCCN1CCC2(CNCCO2)C1. The molecule has 0 amide bonds. The van der Waals surface area contributed by atoms with Gasteiger partial charge in [-0.15, -0.1) is 0 Å². The monoisotopic (exact) mass is 292 g/mol. The van der Waals surface area contributed by atoms with Crippen molar-refractivity contribution in [1.82, 2.24) is 10.2 Å². The van der Waals surface area contributed by atoms with Crippen molar-refractivity contribution >= 4 is 0 Å². The molecule has 0 saturated carbocycles. The molecule has 1 atom stereocenters. The molecule has 2 heterocycles. The number of nitrogens with zero attached hydrogens (tertiary/aromatic N) is 1. The smallest absolute Gasteiger partial charge is 0.161 e. The fraction of sp³-hybridized carbons (Fsp3) is 0.625. The number of benzene rings is 1. The Kier molecular flexibility index (Phi) is 4.63. The number of ether oxygens (including phenoxy) is 3.